The molecule has 1 aromatic carbocycles. The molecule has 0 bridgehead atoms. The number of aliphatic hydroxyl groups excluding tert-OH is 1. The van der Waals surface area contributed by atoms with Crippen molar-refractivity contribution in [3.63, 3.8) is 0 Å². The van der Waals surface area contributed by atoms with Crippen molar-refractivity contribution in [1.82, 2.24) is 9.38 Å². The Morgan fingerprint density at radius 1 is 1.18 bits per heavy atom. The fraction of sp³-hybridized carbons (Fsp3) is 0.350. The SMILES string of the molecule is Cc1nc2c3c(ccn2c1C)[C@H](OCC(F)(F)F)[C@@H](O)[C@@H](c1ccccc1)O3. The number of aryl methyl sites for hydroxylation is 2. The second-order valence-electron chi connectivity index (χ2n) is 6.86. The molecule has 3 heterocycles. The number of aromatic nitrogens is 2. The van der Waals surface area contributed by atoms with Gasteiger partial charge in [0.15, 0.2) is 17.5 Å². The molecule has 1 N–H and O–H groups in total. The predicted octanol–water partition coefficient (Wildman–Crippen LogP) is 4.07. The van der Waals surface area contributed by atoms with Gasteiger partial charge in [-0.15, -0.1) is 0 Å². The fourth-order valence-electron chi connectivity index (χ4n) is 3.49. The van der Waals surface area contributed by atoms with Crippen LogP contribution < -0.4 is 4.74 Å². The second-order valence-corrected chi connectivity index (χ2v) is 6.86. The zero-order chi connectivity index (χ0) is 20.1. The van der Waals surface area contributed by atoms with Crippen molar-refractivity contribution in [3.05, 3.63) is 65.1 Å². The molecule has 0 spiro atoms. The summed E-state index contributed by atoms with van der Waals surface area (Å²) < 4.78 is 51.4. The summed E-state index contributed by atoms with van der Waals surface area (Å²) in [5.41, 5.74) is 3.16. The average Bonchev–Trinajstić information content (AvgIpc) is 2.95. The van der Waals surface area contributed by atoms with Crippen molar-refractivity contribution < 1.29 is 27.8 Å². The van der Waals surface area contributed by atoms with Gasteiger partial charge in [-0.3, -0.25) is 0 Å². The molecule has 0 unspecified atom stereocenters. The van der Waals surface area contributed by atoms with E-state index >= 15 is 0 Å². The number of halogens is 3. The van der Waals surface area contributed by atoms with E-state index < -0.39 is 31.1 Å². The lowest BCUT2D eigenvalue weighted by Crippen LogP contribution is -2.37. The Morgan fingerprint density at radius 3 is 2.57 bits per heavy atom. The van der Waals surface area contributed by atoms with E-state index in [2.05, 4.69) is 4.98 Å². The third-order valence-electron chi connectivity index (χ3n) is 4.98. The standard InChI is InChI=1S/C20H19F3N2O3/c1-11-12(2)25-9-8-14-17(27-10-20(21,22)23)15(26)16(13-6-4-3-5-7-13)28-18(14)19(25)24-11/h3-9,15-17,26H,10H2,1-2H3/t15-,16+,17-/m0/s1. The maximum atomic E-state index is 12.8. The van der Waals surface area contributed by atoms with Gasteiger partial charge < -0.3 is 19.0 Å². The van der Waals surface area contributed by atoms with Crippen LogP contribution in [0.1, 0.15) is 34.7 Å². The van der Waals surface area contributed by atoms with Gasteiger partial charge in [0.05, 0.1) is 5.69 Å². The van der Waals surface area contributed by atoms with Gasteiger partial charge in [-0.25, -0.2) is 4.98 Å². The molecule has 0 saturated heterocycles. The van der Waals surface area contributed by atoms with Crippen molar-refractivity contribution in [2.45, 2.75) is 38.3 Å². The van der Waals surface area contributed by atoms with E-state index in [1.807, 2.05) is 24.3 Å². The molecule has 8 heteroatoms. The Kier molecular flexibility index (Phi) is 4.55. The van der Waals surface area contributed by atoms with E-state index in [1.54, 1.807) is 36.5 Å². The lowest BCUT2D eigenvalue weighted by atomic mass is 9.92. The number of pyridine rings is 1. The monoisotopic (exact) mass is 392 g/mol. The highest BCUT2D eigenvalue weighted by Crippen LogP contribution is 2.45. The highest BCUT2D eigenvalue weighted by molar-refractivity contribution is 5.62. The molecule has 148 valence electrons. The lowest BCUT2D eigenvalue weighted by Gasteiger charge is -2.37. The quantitative estimate of drug-likeness (QED) is 0.730. The summed E-state index contributed by atoms with van der Waals surface area (Å²) in [6, 6.07) is 10.5. The van der Waals surface area contributed by atoms with Crippen LogP contribution in [0.25, 0.3) is 5.65 Å². The summed E-state index contributed by atoms with van der Waals surface area (Å²) in [5.74, 6) is 0.324. The van der Waals surface area contributed by atoms with Crippen LogP contribution in [0.15, 0.2) is 42.6 Å². The minimum atomic E-state index is -4.51. The maximum absolute atomic E-state index is 12.8. The number of imidazole rings is 1. The van der Waals surface area contributed by atoms with E-state index in [0.717, 1.165) is 11.4 Å². The lowest BCUT2D eigenvalue weighted by molar-refractivity contribution is -0.205. The molecule has 1 aliphatic heterocycles. The van der Waals surface area contributed by atoms with Crippen LogP contribution in [0.2, 0.25) is 0 Å². The molecule has 0 radical (unpaired) electrons. The van der Waals surface area contributed by atoms with Gasteiger partial charge in [-0.2, -0.15) is 13.2 Å². The molecule has 28 heavy (non-hydrogen) atoms. The van der Waals surface area contributed by atoms with Crippen LogP contribution in [-0.2, 0) is 4.74 Å². The maximum Gasteiger partial charge on any atom is 0.411 e. The molecule has 0 fully saturated rings. The molecular weight excluding hydrogens is 373 g/mol. The van der Waals surface area contributed by atoms with Crippen molar-refractivity contribution in [1.29, 1.82) is 0 Å². The predicted molar refractivity (Wildman–Crippen MR) is 95.2 cm³/mol. The molecule has 1 aliphatic rings. The zero-order valence-corrected chi connectivity index (χ0v) is 15.3. The van der Waals surface area contributed by atoms with E-state index in [9.17, 15) is 18.3 Å². The molecule has 5 nitrogen and oxygen atoms in total. The number of rotatable bonds is 3. The van der Waals surface area contributed by atoms with Gasteiger partial charge in [0.2, 0.25) is 0 Å². The summed E-state index contributed by atoms with van der Waals surface area (Å²) in [4.78, 5) is 4.50. The van der Waals surface area contributed by atoms with E-state index in [1.165, 1.54) is 0 Å². The summed E-state index contributed by atoms with van der Waals surface area (Å²) in [5, 5.41) is 10.8. The Labute approximate surface area is 159 Å². The summed E-state index contributed by atoms with van der Waals surface area (Å²) >= 11 is 0. The average molecular weight is 392 g/mol. The Hall–Kier alpha value is -2.58. The number of hydrogen-bond donors (Lipinski definition) is 1. The molecular formula is C20H19F3N2O3. The van der Waals surface area contributed by atoms with Crippen molar-refractivity contribution in [2.75, 3.05) is 6.61 Å². The summed E-state index contributed by atoms with van der Waals surface area (Å²) in [6.07, 6.45) is -6.19. The first-order chi connectivity index (χ1) is 13.3. The van der Waals surface area contributed by atoms with E-state index in [0.29, 0.717) is 22.5 Å². The topological polar surface area (TPSA) is 56.0 Å². The Morgan fingerprint density at radius 2 is 1.89 bits per heavy atom. The number of nitrogens with zero attached hydrogens (tertiary/aromatic N) is 2. The van der Waals surface area contributed by atoms with Crippen LogP contribution in [0.5, 0.6) is 5.75 Å². The summed E-state index contributed by atoms with van der Waals surface area (Å²) in [7, 11) is 0. The normalized spacial score (nSPS) is 22.1. The Balaban J connectivity index is 1.84. The van der Waals surface area contributed by atoms with Crippen molar-refractivity contribution >= 4 is 5.65 Å². The molecule has 3 atom stereocenters. The van der Waals surface area contributed by atoms with E-state index in [-0.39, 0.29) is 0 Å². The molecule has 4 rings (SSSR count). The van der Waals surface area contributed by atoms with Crippen LogP contribution in [0.3, 0.4) is 0 Å². The number of benzene rings is 1. The van der Waals surface area contributed by atoms with Crippen LogP contribution in [0, 0.1) is 13.8 Å². The number of ether oxygens (including phenoxy) is 2. The largest absolute Gasteiger partial charge is 0.479 e. The van der Waals surface area contributed by atoms with Gasteiger partial charge in [-0.05, 0) is 25.5 Å². The van der Waals surface area contributed by atoms with Gasteiger partial charge in [0, 0.05) is 17.5 Å². The third-order valence-corrected chi connectivity index (χ3v) is 4.98. The molecule has 0 amide bonds. The highest BCUT2D eigenvalue weighted by atomic mass is 19.4. The first-order valence-corrected chi connectivity index (χ1v) is 8.82. The molecule has 3 aromatic rings. The van der Waals surface area contributed by atoms with Gasteiger partial charge in [0.25, 0.3) is 0 Å². The molecule has 0 saturated carbocycles. The van der Waals surface area contributed by atoms with E-state index in [4.69, 9.17) is 9.47 Å². The number of hydrogen-bond acceptors (Lipinski definition) is 4. The van der Waals surface area contributed by atoms with Gasteiger partial charge in [0.1, 0.15) is 18.8 Å². The summed E-state index contributed by atoms with van der Waals surface area (Å²) in [6.45, 7) is 2.28. The highest BCUT2D eigenvalue weighted by Gasteiger charge is 2.42. The van der Waals surface area contributed by atoms with Crippen LogP contribution in [-0.4, -0.2) is 33.4 Å². The molecule has 2 aromatic heterocycles. The minimum absolute atomic E-state index is 0.324. The van der Waals surface area contributed by atoms with Crippen LogP contribution in [0.4, 0.5) is 13.2 Å². The second kappa shape index (κ2) is 6.79. The number of alkyl halides is 3. The number of aliphatic hydroxyl groups is 1. The first kappa shape index (κ1) is 18.8. The molecule has 0 aliphatic carbocycles. The fourth-order valence-corrected chi connectivity index (χ4v) is 3.49. The Bertz CT molecular complexity index is 1000. The third kappa shape index (κ3) is 3.22. The smallest absolute Gasteiger partial charge is 0.411 e. The van der Waals surface area contributed by atoms with Gasteiger partial charge in [-0.1, -0.05) is 30.3 Å². The first-order valence-electron chi connectivity index (χ1n) is 8.82. The zero-order valence-electron chi connectivity index (χ0n) is 15.3. The minimum Gasteiger partial charge on any atom is -0.479 e. The van der Waals surface area contributed by atoms with Crippen molar-refractivity contribution in [2.24, 2.45) is 0 Å². The number of fused-ring (bicyclic) bond motifs is 3. The van der Waals surface area contributed by atoms with Crippen LogP contribution >= 0.6 is 0 Å². The van der Waals surface area contributed by atoms with Gasteiger partial charge >= 0.3 is 6.18 Å². The van der Waals surface area contributed by atoms with Crippen molar-refractivity contribution in [3.8, 4) is 5.75 Å².